The van der Waals surface area contributed by atoms with Crippen molar-refractivity contribution in [3.8, 4) is 5.75 Å². The molecule has 0 radical (unpaired) electrons. The lowest BCUT2D eigenvalue weighted by Gasteiger charge is -2.17. The zero-order valence-corrected chi connectivity index (χ0v) is 12.0. The fourth-order valence-corrected chi connectivity index (χ4v) is 2.25. The summed E-state index contributed by atoms with van der Waals surface area (Å²) in [5.41, 5.74) is 0.204. The van der Waals surface area contributed by atoms with Crippen molar-refractivity contribution in [2.45, 2.75) is 25.9 Å². The Bertz CT molecular complexity index is 491. The second-order valence-corrected chi connectivity index (χ2v) is 5.34. The number of hydrogen-bond acceptors (Lipinski definition) is 3. The van der Waals surface area contributed by atoms with Gasteiger partial charge in [0.1, 0.15) is 5.75 Å². The van der Waals surface area contributed by atoms with Crippen molar-refractivity contribution in [1.82, 2.24) is 4.90 Å². The molecule has 1 unspecified atom stereocenters. The average molecular weight is 275 g/mol. The van der Waals surface area contributed by atoms with Crippen molar-refractivity contribution in [1.29, 1.82) is 0 Å². The van der Waals surface area contributed by atoms with Gasteiger partial charge in [0.15, 0.2) is 0 Å². The maximum Gasteiger partial charge on any atom is 0.246 e. The van der Waals surface area contributed by atoms with Gasteiger partial charge in [-0.3, -0.25) is 4.79 Å². The monoisotopic (exact) mass is 275 g/mol. The molecule has 1 fully saturated rings. The number of aliphatic hydroxyl groups is 1. The number of likely N-dealkylation sites (tertiary alicyclic amines) is 1. The summed E-state index contributed by atoms with van der Waals surface area (Å²) < 4.78 is 5.36. The van der Waals surface area contributed by atoms with E-state index in [1.54, 1.807) is 24.0 Å². The van der Waals surface area contributed by atoms with Crippen molar-refractivity contribution in [3.05, 3.63) is 35.9 Å². The van der Waals surface area contributed by atoms with E-state index in [2.05, 4.69) is 0 Å². The molecule has 4 nitrogen and oxygen atoms in total. The molecular weight excluding hydrogens is 254 g/mol. The van der Waals surface area contributed by atoms with E-state index in [9.17, 15) is 9.90 Å². The minimum absolute atomic E-state index is 0.0586. The maximum atomic E-state index is 12.0. The quantitative estimate of drug-likeness (QED) is 0.856. The van der Waals surface area contributed by atoms with Crippen LogP contribution in [0.5, 0.6) is 5.75 Å². The maximum absolute atomic E-state index is 12.0. The second kappa shape index (κ2) is 6.09. The lowest BCUT2D eigenvalue weighted by Crippen LogP contribution is -2.32. The Hall–Kier alpha value is -1.81. The second-order valence-electron chi connectivity index (χ2n) is 5.34. The van der Waals surface area contributed by atoms with Gasteiger partial charge >= 0.3 is 0 Å². The number of hydrogen-bond donors (Lipinski definition) is 1. The Morgan fingerprint density at radius 3 is 2.70 bits per heavy atom. The minimum Gasteiger partial charge on any atom is -0.494 e. The summed E-state index contributed by atoms with van der Waals surface area (Å²) in [5.74, 6) is 0.767. The van der Waals surface area contributed by atoms with Crippen LogP contribution >= 0.6 is 0 Å². The van der Waals surface area contributed by atoms with E-state index in [-0.39, 0.29) is 5.91 Å². The Kier molecular flexibility index (Phi) is 4.45. The Labute approximate surface area is 119 Å². The van der Waals surface area contributed by atoms with E-state index in [1.807, 2.05) is 31.2 Å². The molecule has 0 aromatic heterocycles. The predicted octanol–water partition coefficient (Wildman–Crippen LogP) is 2.08. The molecule has 0 aliphatic carbocycles. The molecule has 1 aliphatic heterocycles. The first-order valence-corrected chi connectivity index (χ1v) is 6.92. The number of ether oxygens (including phenoxy) is 1. The van der Waals surface area contributed by atoms with Gasteiger partial charge in [0, 0.05) is 19.2 Å². The van der Waals surface area contributed by atoms with E-state index < -0.39 is 5.60 Å². The summed E-state index contributed by atoms with van der Waals surface area (Å²) in [7, 11) is 0. The highest BCUT2D eigenvalue weighted by atomic mass is 16.5. The van der Waals surface area contributed by atoms with E-state index in [0.717, 1.165) is 11.3 Å². The predicted molar refractivity (Wildman–Crippen MR) is 78.5 cm³/mol. The number of nitrogens with zero attached hydrogens (tertiary/aromatic N) is 1. The van der Waals surface area contributed by atoms with E-state index in [1.165, 1.54) is 0 Å². The lowest BCUT2D eigenvalue weighted by atomic mass is 10.1. The molecule has 2 rings (SSSR count). The third-order valence-corrected chi connectivity index (χ3v) is 3.37. The van der Waals surface area contributed by atoms with Gasteiger partial charge in [-0.15, -0.1) is 0 Å². The molecule has 1 atom stereocenters. The largest absolute Gasteiger partial charge is 0.494 e. The van der Waals surface area contributed by atoms with Crippen LogP contribution in [0.4, 0.5) is 0 Å². The molecule has 1 aromatic carbocycles. The molecule has 1 saturated heterocycles. The zero-order chi connectivity index (χ0) is 14.6. The van der Waals surface area contributed by atoms with Crippen LogP contribution in [0.2, 0.25) is 0 Å². The summed E-state index contributed by atoms with van der Waals surface area (Å²) in [4.78, 5) is 13.7. The van der Waals surface area contributed by atoms with Crippen LogP contribution in [-0.2, 0) is 4.79 Å². The molecule has 1 heterocycles. The van der Waals surface area contributed by atoms with Crippen molar-refractivity contribution < 1.29 is 14.6 Å². The number of rotatable bonds is 4. The van der Waals surface area contributed by atoms with Gasteiger partial charge in [0.25, 0.3) is 0 Å². The molecule has 1 N–H and O–H groups in total. The van der Waals surface area contributed by atoms with Crippen LogP contribution in [0.15, 0.2) is 30.3 Å². The highest BCUT2D eigenvalue weighted by Gasteiger charge is 2.32. The number of β-amino-alcohol motifs (C(OH)–C–C–N with tert-alkyl or cyclic N) is 1. The van der Waals surface area contributed by atoms with E-state index >= 15 is 0 Å². The van der Waals surface area contributed by atoms with E-state index in [4.69, 9.17) is 4.74 Å². The summed E-state index contributed by atoms with van der Waals surface area (Å²) in [6.07, 6.45) is 3.97. The van der Waals surface area contributed by atoms with Crippen molar-refractivity contribution in [2.75, 3.05) is 19.7 Å². The van der Waals surface area contributed by atoms with Crippen LogP contribution in [0.1, 0.15) is 25.8 Å². The molecule has 20 heavy (non-hydrogen) atoms. The fraction of sp³-hybridized carbons (Fsp3) is 0.438. The van der Waals surface area contributed by atoms with Crippen molar-refractivity contribution in [2.24, 2.45) is 0 Å². The minimum atomic E-state index is -0.747. The van der Waals surface area contributed by atoms with Gasteiger partial charge in [-0.25, -0.2) is 0 Å². The SMILES string of the molecule is CCOc1ccc(/C=C/C(=O)N2CCC(C)(O)C2)cc1. The molecule has 1 aliphatic rings. The van der Waals surface area contributed by atoms with Crippen molar-refractivity contribution in [3.63, 3.8) is 0 Å². The summed E-state index contributed by atoms with van der Waals surface area (Å²) in [5, 5.41) is 9.85. The summed E-state index contributed by atoms with van der Waals surface area (Å²) >= 11 is 0. The molecule has 1 aromatic rings. The third kappa shape index (κ3) is 3.84. The summed E-state index contributed by atoms with van der Waals surface area (Å²) in [6, 6.07) is 7.59. The number of amides is 1. The fourth-order valence-electron chi connectivity index (χ4n) is 2.25. The Morgan fingerprint density at radius 1 is 1.45 bits per heavy atom. The highest BCUT2D eigenvalue weighted by molar-refractivity contribution is 5.92. The topological polar surface area (TPSA) is 49.8 Å². The Morgan fingerprint density at radius 2 is 2.15 bits per heavy atom. The molecule has 0 spiro atoms. The van der Waals surface area contributed by atoms with Crippen LogP contribution in [0, 0.1) is 0 Å². The Balaban J connectivity index is 1.93. The first kappa shape index (κ1) is 14.6. The molecular formula is C16H21NO3. The summed E-state index contributed by atoms with van der Waals surface area (Å²) in [6.45, 7) is 5.36. The molecule has 0 bridgehead atoms. The molecule has 0 saturated carbocycles. The van der Waals surface area contributed by atoms with Gasteiger partial charge in [0.2, 0.25) is 5.91 Å². The number of benzene rings is 1. The normalized spacial score (nSPS) is 22.4. The van der Waals surface area contributed by atoms with Gasteiger partial charge < -0.3 is 14.7 Å². The van der Waals surface area contributed by atoms with Gasteiger partial charge in [-0.05, 0) is 44.0 Å². The van der Waals surface area contributed by atoms with Gasteiger partial charge in [0.05, 0.1) is 12.2 Å². The van der Waals surface area contributed by atoms with E-state index in [0.29, 0.717) is 26.1 Å². The average Bonchev–Trinajstić information content (AvgIpc) is 2.78. The van der Waals surface area contributed by atoms with Gasteiger partial charge in [-0.1, -0.05) is 12.1 Å². The molecule has 4 heteroatoms. The van der Waals surface area contributed by atoms with Gasteiger partial charge in [-0.2, -0.15) is 0 Å². The zero-order valence-electron chi connectivity index (χ0n) is 12.0. The van der Waals surface area contributed by atoms with Crippen LogP contribution in [-0.4, -0.2) is 41.2 Å². The smallest absolute Gasteiger partial charge is 0.246 e. The van der Waals surface area contributed by atoms with Crippen LogP contribution in [0.25, 0.3) is 6.08 Å². The first-order chi connectivity index (χ1) is 9.50. The standard InChI is InChI=1S/C16H21NO3/c1-3-20-14-7-4-13(5-8-14)6-9-15(18)17-11-10-16(2,19)12-17/h4-9,19H,3,10-12H2,1-2H3/b9-6+. The van der Waals surface area contributed by atoms with Crippen molar-refractivity contribution >= 4 is 12.0 Å². The third-order valence-electron chi connectivity index (χ3n) is 3.37. The molecule has 1 amide bonds. The number of carbonyl (C=O) groups is 1. The number of carbonyl (C=O) groups excluding carboxylic acids is 1. The molecule has 108 valence electrons. The van der Waals surface area contributed by atoms with Crippen LogP contribution < -0.4 is 4.74 Å². The van der Waals surface area contributed by atoms with Crippen LogP contribution in [0.3, 0.4) is 0 Å². The first-order valence-electron chi connectivity index (χ1n) is 6.92. The lowest BCUT2D eigenvalue weighted by molar-refractivity contribution is -0.125. The highest BCUT2D eigenvalue weighted by Crippen LogP contribution is 2.20.